The van der Waals surface area contributed by atoms with Crippen LogP contribution in [0.4, 0.5) is 0 Å². The van der Waals surface area contributed by atoms with Gasteiger partial charge in [0.25, 0.3) is 0 Å². The average molecular weight is 331 g/mol. The fraction of sp³-hybridized carbons (Fsp3) is 0.538. The monoisotopic (exact) mass is 331 g/mol. The number of halogens is 1. The van der Waals surface area contributed by atoms with E-state index in [9.17, 15) is 0 Å². The van der Waals surface area contributed by atoms with Crippen molar-refractivity contribution in [1.29, 1.82) is 0 Å². The van der Waals surface area contributed by atoms with Crippen LogP contribution in [0.5, 0.6) is 0 Å². The number of rotatable bonds is 4. The lowest BCUT2D eigenvalue weighted by Gasteiger charge is -2.25. The van der Waals surface area contributed by atoms with Crippen molar-refractivity contribution in [3.63, 3.8) is 0 Å². The maximum Gasteiger partial charge on any atom is 0.0443 e. The number of aliphatic hydroxyl groups excluding tert-OH is 1. The fourth-order valence-corrected chi connectivity index (χ4v) is 3.21. The first-order valence-electron chi connectivity index (χ1n) is 5.92. The van der Waals surface area contributed by atoms with Crippen LogP contribution in [0.1, 0.15) is 30.9 Å². The van der Waals surface area contributed by atoms with E-state index in [4.69, 9.17) is 5.11 Å². The van der Waals surface area contributed by atoms with Gasteiger partial charge in [0.2, 0.25) is 0 Å². The van der Waals surface area contributed by atoms with Crippen LogP contribution >= 0.6 is 22.6 Å². The molecule has 0 saturated carbocycles. The number of benzene rings is 1. The summed E-state index contributed by atoms with van der Waals surface area (Å²) in [5.41, 5.74) is 1.46. The van der Waals surface area contributed by atoms with Gasteiger partial charge in [0.1, 0.15) is 0 Å². The molecule has 1 heterocycles. The SMILES string of the molecule is OCCCN1CCCC1c1ccccc1I. The van der Waals surface area contributed by atoms with Gasteiger partial charge in [0, 0.05) is 22.8 Å². The zero-order valence-electron chi connectivity index (χ0n) is 9.40. The highest BCUT2D eigenvalue weighted by atomic mass is 127. The van der Waals surface area contributed by atoms with Gasteiger partial charge in [-0.2, -0.15) is 0 Å². The summed E-state index contributed by atoms with van der Waals surface area (Å²) in [5, 5.41) is 8.91. The number of nitrogens with zero attached hydrogens (tertiary/aromatic N) is 1. The smallest absolute Gasteiger partial charge is 0.0443 e. The molecule has 1 atom stereocenters. The van der Waals surface area contributed by atoms with Gasteiger partial charge in [-0.25, -0.2) is 0 Å². The van der Waals surface area contributed by atoms with E-state index in [1.54, 1.807) is 0 Å². The van der Waals surface area contributed by atoms with Crippen LogP contribution < -0.4 is 0 Å². The molecule has 16 heavy (non-hydrogen) atoms. The van der Waals surface area contributed by atoms with E-state index in [1.165, 1.54) is 28.5 Å². The second-order valence-electron chi connectivity index (χ2n) is 4.29. The summed E-state index contributed by atoms with van der Waals surface area (Å²) in [5.74, 6) is 0. The van der Waals surface area contributed by atoms with Crippen molar-refractivity contribution in [1.82, 2.24) is 4.90 Å². The fourth-order valence-electron chi connectivity index (χ4n) is 2.47. The Balaban J connectivity index is 2.10. The lowest BCUT2D eigenvalue weighted by atomic mass is 10.0. The maximum absolute atomic E-state index is 8.91. The van der Waals surface area contributed by atoms with E-state index in [-0.39, 0.29) is 0 Å². The summed E-state index contributed by atoms with van der Waals surface area (Å²) in [6.07, 6.45) is 3.42. The first-order chi connectivity index (χ1) is 7.83. The molecule has 1 saturated heterocycles. The zero-order chi connectivity index (χ0) is 11.4. The van der Waals surface area contributed by atoms with Crippen LogP contribution in [0.15, 0.2) is 24.3 Å². The lowest BCUT2D eigenvalue weighted by Crippen LogP contribution is -2.25. The second kappa shape index (κ2) is 5.98. The molecule has 1 aromatic rings. The van der Waals surface area contributed by atoms with E-state index in [2.05, 4.69) is 51.8 Å². The highest BCUT2D eigenvalue weighted by molar-refractivity contribution is 14.1. The predicted molar refractivity (Wildman–Crippen MR) is 74.4 cm³/mol. The highest BCUT2D eigenvalue weighted by Gasteiger charge is 2.26. The van der Waals surface area contributed by atoms with Gasteiger partial charge in [-0.1, -0.05) is 18.2 Å². The number of hydrogen-bond acceptors (Lipinski definition) is 2. The molecular formula is C13H18INO. The molecule has 0 spiro atoms. The van der Waals surface area contributed by atoms with Gasteiger partial charge >= 0.3 is 0 Å². The normalized spacial score (nSPS) is 21.5. The van der Waals surface area contributed by atoms with E-state index < -0.39 is 0 Å². The molecule has 1 N–H and O–H groups in total. The van der Waals surface area contributed by atoms with Crippen LogP contribution in [0.25, 0.3) is 0 Å². The Kier molecular flexibility index (Phi) is 4.61. The topological polar surface area (TPSA) is 23.5 Å². The third-order valence-corrected chi connectivity index (χ3v) is 4.21. The second-order valence-corrected chi connectivity index (χ2v) is 5.45. The van der Waals surface area contributed by atoms with E-state index in [1.807, 2.05) is 0 Å². The molecule has 3 heteroatoms. The maximum atomic E-state index is 8.91. The first kappa shape index (κ1) is 12.3. The van der Waals surface area contributed by atoms with Gasteiger partial charge in [0.15, 0.2) is 0 Å². The highest BCUT2D eigenvalue weighted by Crippen LogP contribution is 2.34. The van der Waals surface area contributed by atoms with Crippen molar-refractivity contribution in [3.8, 4) is 0 Å². The molecule has 0 aliphatic carbocycles. The van der Waals surface area contributed by atoms with Crippen molar-refractivity contribution in [3.05, 3.63) is 33.4 Å². The van der Waals surface area contributed by atoms with Crippen LogP contribution in [0.2, 0.25) is 0 Å². The Labute approximate surface area is 111 Å². The molecule has 0 radical (unpaired) electrons. The molecule has 1 fully saturated rings. The Morgan fingerprint density at radius 3 is 2.94 bits per heavy atom. The van der Waals surface area contributed by atoms with Crippen LogP contribution in [-0.2, 0) is 0 Å². The van der Waals surface area contributed by atoms with Gasteiger partial charge < -0.3 is 5.11 Å². The Bertz CT molecular complexity index is 342. The van der Waals surface area contributed by atoms with Crippen molar-refractivity contribution in [2.75, 3.05) is 19.7 Å². The summed E-state index contributed by atoms with van der Waals surface area (Å²) in [4.78, 5) is 2.51. The quantitative estimate of drug-likeness (QED) is 0.858. The summed E-state index contributed by atoms with van der Waals surface area (Å²) in [7, 11) is 0. The summed E-state index contributed by atoms with van der Waals surface area (Å²) in [6, 6.07) is 9.21. The largest absolute Gasteiger partial charge is 0.396 e. The molecule has 88 valence electrons. The number of likely N-dealkylation sites (tertiary alicyclic amines) is 1. The van der Waals surface area contributed by atoms with Crippen molar-refractivity contribution in [2.24, 2.45) is 0 Å². The van der Waals surface area contributed by atoms with Gasteiger partial charge in [0.05, 0.1) is 0 Å². The first-order valence-corrected chi connectivity index (χ1v) is 7.00. The molecule has 0 amide bonds. The summed E-state index contributed by atoms with van der Waals surface area (Å²) < 4.78 is 1.36. The van der Waals surface area contributed by atoms with Crippen molar-refractivity contribution < 1.29 is 5.11 Å². The molecular weight excluding hydrogens is 313 g/mol. The van der Waals surface area contributed by atoms with Gasteiger partial charge in [-0.15, -0.1) is 0 Å². The third kappa shape index (κ3) is 2.76. The van der Waals surface area contributed by atoms with Crippen LogP contribution in [-0.4, -0.2) is 29.7 Å². The Morgan fingerprint density at radius 2 is 2.19 bits per heavy atom. The van der Waals surface area contributed by atoms with Crippen LogP contribution in [0.3, 0.4) is 0 Å². The molecule has 1 aliphatic rings. The van der Waals surface area contributed by atoms with E-state index >= 15 is 0 Å². The van der Waals surface area contributed by atoms with Gasteiger partial charge in [-0.3, -0.25) is 4.90 Å². The van der Waals surface area contributed by atoms with Gasteiger partial charge in [-0.05, 0) is 60.0 Å². The number of aliphatic hydroxyl groups is 1. The molecule has 1 aliphatic heterocycles. The molecule has 0 bridgehead atoms. The summed E-state index contributed by atoms with van der Waals surface area (Å²) in [6.45, 7) is 2.50. The zero-order valence-corrected chi connectivity index (χ0v) is 11.6. The number of hydrogen-bond donors (Lipinski definition) is 1. The van der Waals surface area contributed by atoms with E-state index in [0.29, 0.717) is 12.6 Å². The lowest BCUT2D eigenvalue weighted by molar-refractivity contribution is 0.213. The molecule has 1 unspecified atom stereocenters. The third-order valence-electron chi connectivity index (χ3n) is 3.23. The molecule has 0 aromatic heterocycles. The van der Waals surface area contributed by atoms with Crippen molar-refractivity contribution >= 4 is 22.6 Å². The standard InChI is InChI=1S/C13H18INO/c14-12-6-2-1-5-11(12)13-7-3-8-15(13)9-4-10-16/h1-2,5-6,13,16H,3-4,7-10H2. The summed E-state index contributed by atoms with van der Waals surface area (Å²) >= 11 is 2.42. The Hall–Kier alpha value is -0.130. The minimum atomic E-state index is 0.301. The minimum Gasteiger partial charge on any atom is -0.396 e. The molecule has 2 nitrogen and oxygen atoms in total. The Morgan fingerprint density at radius 1 is 1.38 bits per heavy atom. The molecule has 1 aromatic carbocycles. The van der Waals surface area contributed by atoms with Crippen molar-refractivity contribution in [2.45, 2.75) is 25.3 Å². The molecule has 2 rings (SSSR count). The van der Waals surface area contributed by atoms with E-state index in [0.717, 1.165) is 13.0 Å². The average Bonchev–Trinajstić information content (AvgIpc) is 2.75. The minimum absolute atomic E-state index is 0.301. The van der Waals surface area contributed by atoms with Crippen LogP contribution in [0, 0.1) is 3.57 Å². The predicted octanol–water partition coefficient (Wildman–Crippen LogP) is 2.81.